The molecule has 25 heteroatoms. The van der Waals surface area contributed by atoms with E-state index in [4.69, 9.17) is 30.5 Å². The molecule has 3 unspecified atom stereocenters. The molecule has 0 aromatic carbocycles. The summed E-state index contributed by atoms with van der Waals surface area (Å²) in [6.07, 6.45) is -2.47. The topological polar surface area (TPSA) is 337 Å². The van der Waals surface area contributed by atoms with Gasteiger partial charge in [0.05, 0.1) is 6.33 Å². The van der Waals surface area contributed by atoms with Crippen molar-refractivity contribution in [3.63, 3.8) is 0 Å². The number of rotatable bonds is 10. The molecule has 2 aromatic rings. The molecular formula is C11H17N8O14P3. The molecule has 3 rings (SSSR count). The van der Waals surface area contributed by atoms with Crippen LogP contribution in [-0.4, -0.2) is 75.8 Å². The number of nitrogens with one attached hydrogen (secondary N) is 1. The zero-order valence-electron chi connectivity index (χ0n) is 17.5. The van der Waals surface area contributed by atoms with Gasteiger partial charge in [0.2, 0.25) is 11.7 Å². The van der Waals surface area contributed by atoms with Crippen LogP contribution in [0.2, 0.25) is 0 Å². The Hall–Kier alpha value is -2.25. The molecule has 6 atom stereocenters. The molecule has 0 spiro atoms. The van der Waals surface area contributed by atoms with Crippen LogP contribution in [0.3, 0.4) is 0 Å². The summed E-state index contributed by atoms with van der Waals surface area (Å²) in [4.78, 5) is 60.7. The highest BCUT2D eigenvalue weighted by atomic mass is 31.3. The maximum absolute atomic E-state index is 12.1. The second-order valence-corrected chi connectivity index (χ2v) is 11.2. The molecule has 3 heterocycles. The van der Waals surface area contributed by atoms with Crippen LogP contribution < -0.4 is 11.3 Å². The number of phosphoric ester groups is 1. The van der Waals surface area contributed by atoms with E-state index in [1.165, 1.54) is 0 Å². The van der Waals surface area contributed by atoms with Crippen LogP contribution in [0.1, 0.15) is 6.23 Å². The number of fused-ring (bicyclic) bond motifs is 1. The number of phosphoric acid groups is 3. The fourth-order valence-electron chi connectivity index (χ4n) is 3.11. The van der Waals surface area contributed by atoms with E-state index in [9.17, 15) is 33.4 Å². The van der Waals surface area contributed by atoms with Crippen molar-refractivity contribution in [1.29, 1.82) is 0 Å². The normalized spacial score (nSPS) is 27.9. The first-order valence-corrected chi connectivity index (χ1v) is 13.5. The van der Waals surface area contributed by atoms with Crippen molar-refractivity contribution >= 4 is 40.6 Å². The molecule has 1 aliphatic rings. The number of H-pyrrole nitrogens is 1. The lowest BCUT2D eigenvalue weighted by Gasteiger charge is -2.30. The number of imidazole rings is 1. The van der Waals surface area contributed by atoms with Gasteiger partial charge in [-0.1, -0.05) is 5.11 Å². The fourth-order valence-corrected chi connectivity index (χ4v) is 6.15. The summed E-state index contributed by atoms with van der Waals surface area (Å²) in [5, 5.41) is 14.2. The molecule has 0 aliphatic carbocycles. The van der Waals surface area contributed by atoms with Crippen molar-refractivity contribution in [2.45, 2.75) is 24.2 Å². The zero-order valence-corrected chi connectivity index (χ0v) is 20.2. The lowest BCUT2D eigenvalue weighted by atomic mass is 10.1. The van der Waals surface area contributed by atoms with Crippen LogP contribution in [0.5, 0.6) is 0 Å². The van der Waals surface area contributed by atoms with E-state index in [1.807, 2.05) is 0 Å². The number of anilines is 1. The number of aliphatic hydroxyl groups excluding tert-OH is 1. The molecule has 1 aliphatic heterocycles. The van der Waals surface area contributed by atoms with E-state index in [2.05, 4.69) is 38.1 Å². The highest BCUT2D eigenvalue weighted by Crippen LogP contribution is 2.66. The summed E-state index contributed by atoms with van der Waals surface area (Å²) in [6, 6.07) is -1.57. The highest BCUT2D eigenvalue weighted by molar-refractivity contribution is 7.66. The number of aliphatic hydroxyl groups is 1. The molecule has 0 bridgehead atoms. The number of azide groups is 1. The Kier molecular flexibility index (Phi) is 7.79. The lowest BCUT2D eigenvalue weighted by Crippen LogP contribution is -2.48. The molecule has 0 radical (unpaired) electrons. The second kappa shape index (κ2) is 9.90. The summed E-state index contributed by atoms with van der Waals surface area (Å²) in [5.74, 6) is -2.75. The third-order valence-corrected chi connectivity index (χ3v) is 8.27. The van der Waals surface area contributed by atoms with Crippen LogP contribution in [0.15, 0.2) is 16.2 Å². The zero-order chi connectivity index (χ0) is 27.1. The number of ether oxygens (including phenoxy) is 2. The number of hydrogen-bond donors (Lipinski definition) is 7. The SMILES string of the molecule is CO[C@]1(COP(=O)(O)OP(=O)(O)OP(=O)(O)O)O[C@@H](n2cnc3c(=O)[nH]c(N)nc32)C(N=[N+]=[N-])[C@@H]1O. The maximum Gasteiger partial charge on any atom is 0.490 e. The second-order valence-electron chi connectivity index (χ2n) is 6.80. The first-order chi connectivity index (χ1) is 16.5. The van der Waals surface area contributed by atoms with Gasteiger partial charge in [-0.2, -0.15) is 13.6 Å². The average molecular weight is 578 g/mol. The Balaban J connectivity index is 1.92. The average Bonchev–Trinajstić information content (AvgIpc) is 3.24. The van der Waals surface area contributed by atoms with E-state index in [-0.39, 0.29) is 17.1 Å². The van der Waals surface area contributed by atoms with Gasteiger partial charge in [-0.25, -0.2) is 18.7 Å². The predicted octanol–water partition coefficient (Wildman–Crippen LogP) is -1.04. The van der Waals surface area contributed by atoms with Gasteiger partial charge in [0.1, 0.15) is 18.8 Å². The van der Waals surface area contributed by atoms with Gasteiger partial charge >= 0.3 is 23.5 Å². The third kappa shape index (κ3) is 6.00. The molecule has 0 amide bonds. The van der Waals surface area contributed by atoms with Gasteiger partial charge in [0.15, 0.2) is 17.4 Å². The monoisotopic (exact) mass is 578 g/mol. The first kappa shape index (κ1) is 28.3. The molecule has 200 valence electrons. The van der Waals surface area contributed by atoms with Crippen molar-refractivity contribution in [2.24, 2.45) is 5.11 Å². The number of nitrogen functional groups attached to an aromatic ring is 1. The standard InChI is InChI=1S/C11H17N8O14P3/c1-29-11(2-30-35(25,26)33-36(27,28)32-34(22,23)24)6(20)4(17-18-13)9(31-11)19-3-14-5-7(19)15-10(12)16-8(5)21/h3-4,6,9,20H,2H2,1H3,(H,25,26)(H,27,28)(H2,22,23,24)(H3,12,15,16,21)/t4?,6-,9+,11+/m0/s1. The Bertz CT molecular complexity index is 1400. The highest BCUT2D eigenvalue weighted by Gasteiger charge is 2.57. The predicted molar refractivity (Wildman–Crippen MR) is 111 cm³/mol. The van der Waals surface area contributed by atoms with Gasteiger partial charge in [0.25, 0.3) is 5.56 Å². The van der Waals surface area contributed by atoms with Gasteiger partial charge in [-0.15, -0.1) is 0 Å². The third-order valence-electron chi connectivity index (χ3n) is 4.49. The molecule has 22 nitrogen and oxygen atoms in total. The molecule has 2 aromatic heterocycles. The molecule has 0 saturated carbocycles. The first-order valence-electron chi connectivity index (χ1n) is 8.99. The smallest absolute Gasteiger partial charge is 0.387 e. The van der Waals surface area contributed by atoms with Crippen LogP contribution in [-0.2, 0) is 36.3 Å². The van der Waals surface area contributed by atoms with E-state index in [1.54, 1.807) is 0 Å². The van der Waals surface area contributed by atoms with E-state index in [0.29, 0.717) is 0 Å². The van der Waals surface area contributed by atoms with Gasteiger partial charge < -0.3 is 39.9 Å². The summed E-state index contributed by atoms with van der Waals surface area (Å²) in [5.41, 5.74) is 13.4. The lowest BCUT2D eigenvalue weighted by molar-refractivity contribution is -0.266. The van der Waals surface area contributed by atoms with Crippen molar-refractivity contribution in [1.82, 2.24) is 19.5 Å². The Labute approximate surface area is 197 Å². The Morgan fingerprint density at radius 2 is 1.97 bits per heavy atom. The maximum atomic E-state index is 12.1. The molecule has 36 heavy (non-hydrogen) atoms. The van der Waals surface area contributed by atoms with E-state index >= 15 is 0 Å². The fraction of sp³-hybridized carbons (Fsp3) is 0.545. The van der Waals surface area contributed by atoms with Crippen molar-refractivity contribution < 1.29 is 61.0 Å². The van der Waals surface area contributed by atoms with Crippen LogP contribution >= 0.6 is 23.5 Å². The molecular weight excluding hydrogens is 561 g/mol. The number of aromatic amines is 1. The summed E-state index contributed by atoms with van der Waals surface area (Å²) >= 11 is 0. The Morgan fingerprint density at radius 3 is 2.56 bits per heavy atom. The summed E-state index contributed by atoms with van der Waals surface area (Å²) in [7, 11) is -16.2. The van der Waals surface area contributed by atoms with Crippen LogP contribution in [0.4, 0.5) is 5.95 Å². The number of aromatic nitrogens is 4. The number of methoxy groups -OCH3 is 1. The minimum atomic E-state index is -5.83. The largest absolute Gasteiger partial charge is 0.490 e. The van der Waals surface area contributed by atoms with Crippen LogP contribution in [0, 0.1) is 0 Å². The minimum Gasteiger partial charge on any atom is -0.387 e. The number of nitrogens with two attached hydrogens (primary N) is 1. The minimum absolute atomic E-state index is 0.175. The van der Waals surface area contributed by atoms with Crippen LogP contribution in [0.25, 0.3) is 21.6 Å². The number of hydrogen-bond acceptors (Lipinski definition) is 14. The molecule has 1 saturated heterocycles. The molecule has 1 fully saturated rings. The van der Waals surface area contributed by atoms with Crippen molar-refractivity contribution in [2.75, 3.05) is 19.5 Å². The molecule has 8 N–H and O–H groups in total. The Morgan fingerprint density at radius 1 is 1.31 bits per heavy atom. The summed E-state index contributed by atoms with van der Waals surface area (Å²) in [6.45, 7) is -1.26. The van der Waals surface area contributed by atoms with Crippen molar-refractivity contribution in [3.05, 3.63) is 27.1 Å². The van der Waals surface area contributed by atoms with Gasteiger partial charge in [-0.3, -0.25) is 18.9 Å². The van der Waals surface area contributed by atoms with E-state index in [0.717, 1.165) is 18.0 Å². The van der Waals surface area contributed by atoms with Gasteiger partial charge in [-0.05, 0) is 5.53 Å². The van der Waals surface area contributed by atoms with E-state index < -0.39 is 59.8 Å². The quantitative estimate of drug-likeness (QED) is 0.0765. The summed E-state index contributed by atoms with van der Waals surface area (Å²) < 4.78 is 57.8. The van der Waals surface area contributed by atoms with Crippen molar-refractivity contribution in [3.8, 4) is 0 Å². The van der Waals surface area contributed by atoms with Gasteiger partial charge in [0, 0.05) is 12.0 Å². The number of nitrogens with zero attached hydrogens (tertiary/aromatic N) is 6.